The van der Waals surface area contributed by atoms with Crippen molar-refractivity contribution in [1.82, 2.24) is 20.2 Å². The summed E-state index contributed by atoms with van der Waals surface area (Å²) in [5.41, 5.74) is 1.49. The molecule has 5 nitrogen and oxygen atoms in total. The molecule has 0 fully saturated rings. The molecule has 0 saturated heterocycles. The van der Waals surface area contributed by atoms with Gasteiger partial charge in [0.1, 0.15) is 5.75 Å². The maximum absolute atomic E-state index is 13.5. The first-order valence-electron chi connectivity index (χ1n) is 5.67. The zero-order chi connectivity index (χ0) is 13.9. The first-order valence-corrected chi connectivity index (χ1v) is 6.05. The fourth-order valence-electron chi connectivity index (χ4n) is 1.59. The van der Waals surface area contributed by atoms with E-state index < -0.39 is 5.82 Å². The Hall–Kier alpha value is -2.47. The van der Waals surface area contributed by atoms with E-state index in [0.29, 0.717) is 11.4 Å². The van der Waals surface area contributed by atoms with Gasteiger partial charge in [-0.3, -0.25) is 10.1 Å². The Morgan fingerprint density at radius 1 is 1.15 bits per heavy atom. The molecule has 3 heterocycles. The van der Waals surface area contributed by atoms with E-state index >= 15 is 0 Å². The number of nitrogens with zero attached hydrogens (tertiary/aromatic N) is 3. The molecular weight excluding hydrogens is 283 g/mol. The van der Waals surface area contributed by atoms with E-state index in [4.69, 9.17) is 16.3 Å². The third-order valence-electron chi connectivity index (χ3n) is 2.50. The normalized spacial score (nSPS) is 10.5. The number of ether oxygens (including phenoxy) is 1. The van der Waals surface area contributed by atoms with Gasteiger partial charge >= 0.3 is 0 Å². The van der Waals surface area contributed by atoms with Gasteiger partial charge in [-0.2, -0.15) is 5.10 Å². The molecule has 0 spiro atoms. The van der Waals surface area contributed by atoms with Gasteiger partial charge in [-0.05, 0) is 24.3 Å². The van der Waals surface area contributed by atoms with Crippen LogP contribution in [0.25, 0.3) is 11.4 Å². The first-order chi connectivity index (χ1) is 9.72. The summed E-state index contributed by atoms with van der Waals surface area (Å²) in [6.45, 7) is 0. The van der Waals surface area contributed by atoms with Crippen molar-refractivity contribution in [3.05, 3.63) is 53.7 Å². The van der Waals surface area contributed by atoms with Crippen LogP contribution in [0.15, 0.2) is 42.9 Å². The van der Waals surface area contributed by atoms with E-state index in [9.17, 15) is 4.39 Å². The summed E-state index contributed by atoms with van der Waals surface area (Å²) in [5.74, 6) is -0.400. The Bertz CT molecular complexity index is 716. The molecule has 100 valence electrons. The predicted molar refractivity (Wildman–Crippen MR) is 71.1 cm³/mol. The van der Waals surface area contributed by atoms with Gasteiger partial charge in [0, 0.05) is 12.4 Å². The number of halogens is 2. The summed E-state index contributed by atoms with van der Waals surface area (Å²) in [4.78, 5) is 7.96. The average molecular weight is 291 g/mol. The second kappa shape index (κ2) is 5.26. The van der Waals surface area contributed by atoms with Crippen LogP contribution in [0.3, 0.4) is 0 Å². The van der Waals surface area contributed by atoms with Gasteiger partial charge in [0.15, 0.2) is 5.82 Å². The smallest absolute Gasteiger partial charge is 0.256 e. The first kappa shape index (κ1) is 12.6. The van der Waals surface area contributed by atoms with Crippen molar-refractivity contribution in [3.63, 3.8) is 0 Å². The van der Waals surface area contributed by atoms with Gasteiger partial charge in [0.25, 0.3) is 5.88 Å². The SMILES string of the molecule is Fc1cc(Cl)cnc1Oc1ccc(-c2ccn[nH]2)nc1. The number of pyridine rings is 2. The lowest BCUT2D eigenvalue weighted by molar-refractivity contribution is 0.421. The van der Waals surface area contributed by atoms with Crippen LogP contribution in [0, 0.1) is 5.82 Å². The highest BCUT2D eigenvalue weighted by Gasteiger charge is 2.08. The number of hydrogen-bond acceptors (Lipinski definition) is 4. The number of hydrogen-bond donors (Lipinski definition) is 1. The van der Waals surface area contributed by atoms with Crippen LogP contribution < -0.4 is 4.74 Å². The monoisotopic (exact) mass is 290 g/mol. The molecule has 0 amide bonds. The van der Waals surface area contributed by atoms with E-state index in [1.807, 2.05) is 0 Å². The molecule has 0 bridgehead atoms. The molecule has 3 aromatic heterocycles. The Morgan fingerprint density at radius 2 is 2.05 bits per heavy atom. The summed E-state index contributed by atoms with van der Waals surface area (Å²) < 4.78 is 18.8. The molecule has 0 unspecified atom stereocenters. The molecule has 0 saturated carbocycles. The van der Waals surface area contributed by atoms with Gasteiger partial charge in [-0.15, -0.1) is 0 Å². The number of nitrogens with one attached hydrogen (secondary N) is 1. The van der Waals surface area contributed by atoms with Crippen LogP contribution in [0.2, 0.25) is 5.02 Å². The van der Waals surface area contributed by atoms with E-state index in [0.717, 1.165) is 11.8 Å². The second-order valence-electron chi connectivity index (χ2n) is 3.89. The summed E-state index contributed by atoms with van der Waals surface area (Å²) in [7, 11) is 0. The minimum atomic E-state index is -0.629. The second-order valence-corrected chi connectivity index (χ2v) is 4.33. The largest absolute Gasteiger partial charge is 0.435 e. The van der Waals surface area contributed by atoms with Crippen molar-refractivity contribution in [1.29, 1.82) is 0 Å². The van der Waals surface area contributed by atoms with Gasteiger partial charge in [0.05, 0.1) is 22.6 Å². The van der Waals surface area contributed by atoms with Crippen molar-refractivity contribution in [2.75, 3.05) is 0 Å². The molecule has 0 aliphatic rings. The highest BCUT2D eigenvalue weighted by Crippen LogP contribution is 2.24. The van der Waals surface area contributed by atoms with E-state index in [-0.39, 0.29) is 10.9 Å². The predicted octanol–water partition coefficient (Wildman–Crippen LogP) is 3.45. The zero-order valence-electron chi connectivity index (χ0n) is 10.0. The van der Waals surface area contributed by atoms with Crippen LogP contribution in [-0.4, -0.2) is 20.2 Å². The average Bonchev–Trinajstić information content (AvgIpc) is 2.97. The van der Waals surface area contributed by atoms with Crippen molar-refractivity contribution in [2.24, 2.45) is 0 Å². The molecule has 0 radical (unpaired) electrons. The van der Waals surface area contributed by atoms with E-state index in [2.05, 4.69) is 20.2 Å². The minimum absolute atomic E-state index is 0.148. The fourth-order valence-corrected chi connectivity index (χ4v) is 1.73. The van der Waals surface area contributed by atoms with Gasteiger partial charge in [0.2, 0.25) is 0 Å². The molecule has 1 N–H and O–H groups in total. The van der Waals surface area contributed by atoms with Crippen molar-refractivity contribution in [3.8, 4) is 23.0 Å². The highest BCUT2D eigenvalue weighted by molar-refractivity contribution is 6.30. The van der Waals surface area contributed by atoms with Crippen molar-refractivity contribution < 1.29 is 9.13 Å². The fraction of sp³-hybridized carbons (Fsp3) is 0. The summed E-state index contributed by atoms with van der Waals surface area (Å²) in [6, 6.07) is 6.33. The molecule has 0 atom stereocenters. The molecule has 3 aromatic rings. The Kier molecular flexibility index (Phi) is 3.30. The summed E-state index contributed by atoms with van der Waals surface area (Å²) in [6.07, 6.45) is 4.42. The van der Waals surface area contributed by atoms with Crippen molar-refractivity contribution >= 4 is 11.6 Å². The van der Waals surface area contributed by atoms with Gasteiger partial charge in [-0.1, -0.05) is 11.6 Å². The maximum Gasteiger partial charge on any atom is 0.256 e. The lowest BCUT2D eigenvalue weighted by Gasteiger charge is -2.05. The van der Waals surface area contributed by atoms with Crippen LogP contribution in [0.5, 0.6) is 11.6 Å². The zero-order valence-corrected chi connectivity index (χ0v) is 10.8. The minimum Gasteiger partial charge on any atom is -0.435 e. The van der Waals surface area contributed by atoms with Crippen molar-refractivity contribution in [2.45, 2.75) is 0 Å². The maximum atomic E-state index is 13.5. The molecule has 3 rings (SSSR count). The molecule has 0 aromatic carbocycles. The van der Waals surface area contributed by atoms with E-state index in [1.165, 1.54) is 12.4 Å². The molecule has 0 aliphatic carbocycles. The van der Waals surface area contributed by atoms with Crippen LogP contribution >= 0.6 is 11.6 Å². The van der Waals surface area contributed by atoms with Crippen LogP contribution in [0.1, 0.15) is 0 Å². The van der Waals surface area contributed by atoms with E-state index in [1.54, 1.807) is 24.4 Å². The Morgan fingerprint density at radius 3 is 2.70 bits per heavy atom. The molecule has 20 heavy (non-hydrogen) atoms. The van der Waals surface area contributed by atoms with Crippen LogP contribution in [0.4, 0.5) is 4.39 Å². The third kappa shape index (κ3) is 2.60. The topological polar surface area (TPSA) is 63.7 Å². The third-order valence-corrected chi connectivity index (χ3v) is 2.71. The standard InChI is InChI=1S/C13H8ClFN4O/c14-8-5-10(15)13(17-6-8)20-9-1-2-11(16-7-9)12-3-4-18-19-12/h1-7H,(H,18,19). The number of aromatic nitrogens is 4. The number of rotatable bonds is 3. The van der Waals surface area contributed by atoms with Crippen LogP contribution in [-0.2, 0) is 0 Å². The quantitative estimate of drug-likeness (QED) is 0.802. The molecular formula is C13H8ClFN4O. The number of aromatic amines is 1. The summed E-state index contributed by atoms with van der Waals surface area (Å²) >= 11 is 5.62. The lowest BCUT2D eigenvalue weighted by atomic mass is 10.3. The molecule has 0 aliphatic heterocycles. The number of H-pyrrole nitrogens is 1. The Labute approximate surface area is 118 Å². The highest BCUT2D eigenvalue weighted by atomic mass is 35.5. The molecule has 7 heteroatoms. The summed E-state index contributed by atoms with van der Waals surface area (Å²) in [5, 5.41) is 6.85. The van der Waals surface area contributed by atoms with Gasteiger partial charge in [-0.25, -0.2) is 9.37 Å². The Balaban J connectivity index is 1.81. The van der Waals surface area contributed by atoms with Gasteiger partial charge < -0.3 is 4.74 Å². The lowest BCUT2D eigenvalue weighted by Crippen LogP contribution is -1.93.